The van der Waals surface area contributed by atoms with E-state index in [4.69, 9.17) is 23.6 Å². The molecule has 0 aromatic carbocycles. The van der Waals surface area contributed by atoms with Gasteiger partial charge in [-0.15, -0.1) is 0 Å². The van der Waals surface area contributed by atoms with Crippen molar-refractivity contribution in [1.29, 1.82) is 0 Å². The molecule has 10 heteroatoms. The van der Waals surface area contributed by atoms with Crippen molar-refractivity contribution >= 4 is 13.8 Å². The number of rotatable bonds is 42. The fourth-order valence-corrected chi connectivity index (χ4v) is 6.69. The molecule has 318 valence electrons. The van der Waals surface area contributed by atoms with Crippen LogP contribution in [0.3, 0.4) is 0 Å². The number of ether oxygens (including phenoxy) is 2. The van der Waals surface area contributed by atoms with E-state index in [1.807, 2.05) is 0 Å². The van der Waals surface area contributed by atoms with Crippen LogP contribution in [0.25, 0.3) is 0 Å². The van der Waals surface area contributed by atoms with E-state index >= 15 is 0 Å². The molecule has 0 aromatic heterocycles. The summed E-state index contributed by atoms with van der Waals surface area (Å²) in [5.74, 6) is -0.397. The van der Waals surface area contributed by atoms with Crippen LogP contribution in [0.5, 0.6) is 0 Å². The largest absolute Gasteiger partial charge is 0.472 e. The molecule has 0 aromatic rings. The zero-order valence-electron chi connectivity index (χ0n) is 34.7. The van der Waals surface area contributed by atoms with Gasteiger partial charge in [-0.3, -0.25) is 13.8 Å². The van der Waals surface area contributed by atoms with Crippen molar-refractivity contribution in [2.75, 3.05) is 33.0 Å². The van der Waals surface area contributed by atoms with Crippen LogP contribution < -0.4 is 0 Å². The van der Waals surface area contributed by atoms with Crippen molar-refractivity contribution < 1.29 is 43.0 Å². The lowest BCUT2D eigenvalue weighted by atomic mass is 10.1. The Morgan fingerprint density at radius 3 is 1.56 bits per heavy atom. The highest BCUT2D eigenvalue weighted by atomic mass is 31.2. The predicted octanol–water partition coefficient (Wildman–Crippen LogP) is 12.0. The van der Waals surface area contributed by atoms with E-state index in [9.17, 15) is 19.4 Å². The fraction of sp³-hybridized carbons (Fsp3) is 0.841. The third-order valence-electron chi connectivity index (χ3n) is 9.30. The van der Waals surface area contributed by atoms with E-state index in [1.165, 1.54) is 103 Å². The second-order valence-electron chi connectivity index (χ2n) is 14.7. The zero-order valence-corrected chi connectivity index (χ0v) is 35.6. The molecule has 0 radical (unpaired) electrons. The van der Waals surface area contributed by atoms with Gasteiger partial charge in [-0.1, -0.05) is 159 Å². The van der Waals surface area contributed by atoms with Gasteiger partial charge in [-0.2, -0.15) is 0 Å². The maximum absolute atomic E-state index is 12.6. The van der Waals surface area contributed by atoms with E-state index in [0.29, 0.717) is 13.0 Å². The minimum atomic E-state index is -4.52. The van der Waals surface area contributed by atoms with Crippen molar-refractivity contribution in [3.8, 4) is 0 Å². The number of hydrogen-bond donors (Lipinski definition) is 3. The zero-order chi connectivity index (χ0) is 39.6. The van der Waals surface area contributed by atoms with E-state index in [2.05, 4.69) is 50.3 Å². The van der Waals surface area contributed by atoms with E-state index in [-0.39, 0.29) is 19.6 Å². The van der Waals surface area contributed by atoms with Gasteiger partial charge in [0.2, 0.25) is 0 Å². The molecule has 0 rings (SSSR count). The Hall–Kier alpha value is -1.32. The highest BCUT2D eigenvalue weighted by Gasteiger charge is 2.26. The van der Waals surface area contributed by atoms with Crippen LogP contribution in [0, 0.1) is 0 Å². The molecule has 0 aliphatic heterocycles. The van der Waals surface area contributed by atoms with Gasteiger partial charge < -0.3 is 24.6 Å². The lowest BCUT2D eigenvalue weighted by molar-refractivity contribution is -0.154. The van der Waals surface area contributed by atoms with Crippen LogP contribution >= 0.6 is 7.82 Å². The van der Waals surface area contributed by atoms with Gasteiger partial charge in [-0.05, 0) is 64.2 Å². The minimum absolute atomic E-state index is 0.0422. The van der Waals surface area contributed by atoms with Gasteiger partial charge in [0, 0.05) is 13.0 Å². The number of aliphatic hydroxyl groups excluding tert-OH is 2. The second-order valence-corrected chi connectivity index (χ2v) is 16.2. The molecule has 0 bridgehead atoms. The van der Waals surface area contributed by atoms with Crippen LogP contribution in [-0.2, 0) is 27.9 Å². The van der Waals surface area contributed by atoms with Crippen LogP contribution in [-0.4, -0.2) is 66.3 Å². The topological polar surface area (TPSA) is 132 Å². The molecular formula is C44H83O9P. The number of unbranched alkanes of at least 4 members (excludes halogenated alkanes) is 22. The summed E-state index contributed by atoms with van der Waals surface area (Å²) >= 11 is 0. The highest BCUT2D eigenvalue weighted by molar-refractivity contribution is 7.47. The lowest BCUT2D eigenvalue weighted by Gasteiger charge is -2.20. The number of carbonyl (C=O) groups is 1. The average molecular weight is 787 g/mol. The molecule has 0 heterocycles. The van der Waals surface area contributed by atoms with Gasteiger partial charge in [0.15, 0.2) is 0 Å². The molecule has 9 nitrogen and oxygen atoms in total. The van der Waals surface area contributed by atoms with Crippen LogP contribution in [0.2, 0.25) is 0 Å². The van der Waals surface area contributed by atoms with Crippen molar-refractivity contribution in [2.45, 2.75) is 206 Å². The van der Waals surface area contributed by atoms with E-state index in [0.717, 1.165) is 64.2 Å². The van der Waals surface area contributed by atoms with Gasteiger partial charge in [0.1, 0.15) is 12.2 Å². The molecular weight excluding hydrogens is 703 g/mol. The fourth-order valence-electron chi connectivity index (χ4n) is 5.90. The molecule has 0 amide bonds. The lowest BCUT2D eigenvalue weighted by Crippen LogP contribution is -2.29. The standard InChI is InChI=1S/C44H83O9P/c1-3-5-7-9-11-13-15-17-19-20-21-22-23-25-27-29-31-33-35-37-50-40-43(41-52-54(48,49)51-39-42(46)38-45)53-44(47)36-34-32-30-28-26-24-18-16-14-12-10-8-6-4-2/h10,12,16,18-20,42-43,45-46H,3-9,11,13-15,17,21-41H2,1-2H3,(H,48,49)/b12-10-,18-16-,20-19-. The first-order valence-corrected chi connectivity index (χ1v) is 23.5. The van der Waals surface area contributed by atoms with E-state index in [1.54, 1.807) is 0 Å². The van der Waals surface area contributed by atoms with Crippen LogP contribution in [0.1, 0.15) is 194 Å². The van der Waals surface area contributed by atoms with Crippen LogP contribution in [0.4, 0.5) is 0 Å². The van der Waals surface area contributed by atoms with Crippen LogP contribution in [0.15, 0.2) is 36.5 Å². The smallest absolute Gasteiger partial charge is 0.457 e. The Kier molecular flexibility index (Phi) is 40.3. The van der Waals surface area contributed by atoms with Crippen molar-refractivity contribution in [2.24, 2.45) is 0 Å². The van der Waals surface area contributed by atoms with Crippen molar-refractivity contribution in [3.05, 3.63) is 36.5 Å². The summed E-state index contributed by atoms with van der Waals surface area (Å²) in [6.07, 6.45) is 43.9. The predicted molar refractivity (Wildman–Crippen MR) is 224 cm³/mol. The third kappa shape index (κ3) is 40.3. The number of hydrogen-bond acceptors (Lipinski definition) is 8. The molecule has 0 saturated heterocycles. The number of phosphoric acid groups is 1. The number of allylic oxidation sites excluding steroid dienone is 6. The summed E-state index contributed by atoms with van der Waals surface area (Å²) < 4.78 is 33.3. The third-order valence-corrected chi connectivity index (χ3v) is 10.2. The molecule has 54 heavy (non-hydrogen) atoms. The van der Waals surface area contributed by atoms with Crippen molar-refractivity contribution in [1.82, 2.24) is 0 Å². The maximum atomic E-state index is 12.6. The first kappa shape index (κ1) is 52.7. The summed E-state index contributed by atoms with van der Waals surface area (Å²) in [4.78, 5) is 22.6. The summed E-state index contributed by atoms with van der Waals surface area (Å²) in [6, 6.07) is 0. The molecule has 3 N–H and O–H groups in total. The Balaban J connectivity index is 4.16. The normalized spacial score (nSPS) is 14.4. The SMILES string of the molecule is CCCC/C=C\C/C=C\CCCCCCCC(=O)OC(COCCCCCCCCCC/C=C\CCCCCCCCC)COP(=O)(O)OCC(O)CO. The quantitative estimate of drug-likeness (QED) is 0.0239. The maximum Gasteiger partial charge on any atom is 0.472 e. The average Bonchev–Trinajstić information content (AvgIpc) is 3.16. The number of carbonyl (C=O) groups excluding carboxylic acids is 1. The Morgan fingerprint density at radius 1 is 0.574 bits per heavy atom. The molecule has 0 saturated carbocycles. The summed E-state index contributed by atoms with van der Waals surface area (Å²) in [5, 5.41) is 18.3. The van der Waals surface area contributed by atoms with Gasteiger partial charge in [0.25, 0.3) is 0 Å². The first-order chi connectivity index (χ1) is 26.3. The molecule has 0 aliphatic carbocycles. The second kappa shape index (κ2) is 41.3. The van der Waals surface area contributed by atoms with Gasteiger partial charge >= 0.3 is 13.8 Å². The number of phosphoric ester groups is 1. The Morgan fingerprint density at radius 2 is 1.02 bits per heavy atom. The Labute approximate surface area is 331 Å². The molecule has 0 aliphatic rings. The number of aliphatic hydroxyl groups is 2. The minimum Gasteiger partial charge on any atom is -0.457 e. The molecule has 0 spiro atoms. The summed E-state index contributed by atoms with van der Waals surface area (Å²) in [5.41, 5.74) is 0. The van der Waals surface area contributed by atoms with Gasteiger partial charge in [-0.25, -0.2) is 4.57 Å². The van der Waals surface area contributed by atoms with E-state index < -0.39 is 39.2 Å². The molecule has 3 atom stereocenters. The van der Waals surface area contributed by atoms with Gasteiger partial charge in [0.05, 0.1) is 26.4 Å². The highest BCUT2D eigenvalue weighted by Crippen LogP contribution is 2.43. The molecule has 0 fully saturated rings. The number of esters is 1. The first-order valence-electron chi connectivity index (χ1n) is 22.0. The monoisotopic (exact) mass is 787 g/mol. The van der Waals surface area contributed by atoms with Crippen molar-refractivity contribution in [3.63, 3.8) is 0 Å². The summed E-state index contributed by atoms with van der Waals surface area (Å²) in [6.45, 7) is 3.46. The Bertz CT molecular complexity index is 939. The molecule has 3 unspecified atom stereocenters. The summed E-state index contributed by atoms with van der Waals surface area (Å²) in [7, 11) is -4.52.